The van der Waals surface area contributed by atoms with E-state index in [1.165, 1.54) is 10.4 Å². The molecule has 2 aromatic heterocycles. The predicted octanol–water partition coefficient (Wildman–Crippen LogP) is 6.19. The van der Waals surface area contributed by atoms with Gasteiger partial charge in [0.2, 0.25) is 0 Å². The molecule has 0 aliphatic carbocycles. The molecule has 0 spiro atoms. The molecule has 2 aromatic carbocycles. The van der Waals surface area contributed by atoms with Crippen LogP contribution in [0.1, 0.15) is 42.3 Å². The highest BCUT2D eigenvalue weighted by Crippen LogP contribution is 2.28. The van der Waals surface area contributed by atoms with Crippen molar-refractivity contribution in [1.82, 2.24) is 9.88 Å². The third-order valence-electron chi connectivity index (χ3n) is 6.15. The molecule has 1 N–H and O–H groups in total. The molecule has 0 unspecified atom stereocenters. The van der Waals surface area contributed by atoms with Crippen molar-refractivity contribution >= 4 is 40.6 Å². The Bertz CT molecular complexity index is 1350. The maximum absolute atomic E-state index is 13.3. The second-order valence-electron chi connectivity index (χ2n) is 8.45. The second kappa shape index (κ2) is 10.5. The van der Waals surface area contributed by atoms with Crippen molar-refractivity contribution in [3.8, 4) is 0 Å². The van der Waals surface area contributed by atoms with Gasteiger partial charge in [-0.2, -0.15) is 0 Å². The summed E-state index contributed by atoms with van der Waals surface area (Å²) in [5, 5.41) is 5.08. The van der Waals surface area contributed by atoms with E-state index in [4.69, 9.17) is 0 Å². The summed E-state index contributed by atoms with van der Waals surface area (Å²) >= 11 is 3.46. The fourth-order valence-electron chi connectivity index (χ4n) is 4.14. The molecule has 0 saturated heterocycles. The summed E-state index contributed by atoms with van der Waals surface area (Å²) in [6.07, 6.45) is 4.52. The number of anilines is 1. The Kier molecular flexibility index (Phi) is 6.97. The Labute approximate surface area is 213 Å². The number of nitrogens with one attached hydrogen (secondary N) is 1. The summed E-state index contributed by atoms with van der Waals surface area (Å²) in [4.78, 5) is 34.7. The molecule has 1 aliphatic heterocycles. The normalized spacial score (nSPS) is 12.8. The summed E-state index contributed by atoms with van der Waals surface area (Å²) in [5.74, 6) is 0.636. The largest absolute Gasteiger partial charge is 0.334 e. The molecule has 2 amide bonds. The average Bonchev–Trinajstić information content (AvgIpc) is 3.37. The van der Waals surface area contributed by atoms with Crippen LogP contribution in [0.15, 0.2) is 83.3 Å². The van der Waals surface area contributed by atoms with E-state index in [0.29, 0.717) is 29.9 Å². The minimum Gasteiger partial charge on any atom is -0.334 e. The molecule has 5 nitrogen and oxygen atoms in total. The number of rotatable bonds is 6. The smallest absolute Gasteiger partial charge is 0.255 e. The molecule has 0 fully saturated rings. The molecule has 0 radical (unpaired) electrons. The van der Waals surface area contributed by atoms with Crippen molar-refractivity contribution in [2.24, 2.45) is 0 Å². The van der Waals surface area contributed by atoms with Gasteiger partial charge < -0.3 is 10.2 Å². The number of thiophene rings is 1. The van der Waals surface area contributed by atoms with E-state index in [2.05, 4.69) is 21.7 Å². The fourth-order valence-corrected chi connectivity index (χ4v) is 5.86. The van der Waals surface area contributed by atoms with E-state index < -0.39 is 0 Å². The molecule has 35 heavy (non-hydrogen) atoms. The van der Waals surface area contributed by atoms with Crippen LogP contribution >= 0.6 is 23.1 Å². The van der Waals surface area contributed by atoms with E-state index >= 15 is 0 Å². The van der Waals surface area contributed by atoms with Gasteiger partial charge in [-0.25, -0.2) is 0 Å². The summed E-state index contributed by atoms with van der Waals surface area (Å²) in [7, 11) is 0. The van der Waals surface area contributed by atoms with Gasteiger partial charge in [0.25, 0.3) is 11.8 Å². The first-order chi connectivity index (χ1) is 17.1. The van der Waals surface area contributed by atoms with Crippen LogP contribution in [-0.4, -0.2) is 28.2 Å². The minimum atomic E-state index is -0.192. The van der Waals surface area contributed by atoms with Crippen LogP contribution in [0.5, 0.6) is 0 Å². The Hall–Kier alpha value is -3.42. The maximum atomic E-state index is 13.3. The molecule has 0 bridgehead atoms. The lowest BCUT2D eigenvalue weighted by molar-refractivity contribution is 0.0735. The molecular weight excluding hydrogens is 474 g/mol. The molecule has 0 saturated carbocycles. The zero-order valence-electron chi connectivity index (χ0n) is 19.4. The molecular formula is C28H25N3O2S2. The minimum absolute atomic E-state index is 0.00504. The highest BCUT2D eigenvalue weighted by Gasteiger charge is 2.24. The van der Waals surface area contributed by atoms with Crippen LogP contribution in [0.4, 0.5) is 5.69 Å². The van der Waals surface area contributed by atoms with Crippen LogP contribution in [0.25, 0.3) is 0 Å². The quantitative estimate of drug-likeness (QED) is 0.321. The van der Waals surface area contributed by atoms with Crippen LogP contribution in [0.3, 0.4) is 0 Å². The van der Waals surface area contributed by atoms with Crippen molar-refractivity contribution in [3.63, 3.8) is 0 Å². The number of amides is 2. The summed E-state index contributed by atoms with van der Waals surface area (Å²) < 4.78 is 0. The van der Waals surface area contributed by atoms with Crippen molar-refractivity contribution in [2.75, 3.05) is 11.9 Å². The van der Waals surface area contributed by atoms with Crippen molar-refractivity contribution in [2.45, 2.75) is 30.5 Å². The van der Waals surface area contributed by atoms with Gasteiger partial charge in [0, 0.05) is 57.8 Å². The number of carbonyl (C=O) groups excluding carboxylic acids is 2. The molecule has 3 heterocycles. The first-order valence-electron chi connectivity index (χ1n) is 11.5. The third-order valence-corrected chi connectivity index (χ3v) is 8.26. The van der Waals surface area contributed by atoms with Crippen molar-refractivity contribution in [1.29, 1.82) is 0 Å². The van der Waals surface area contributed by atoms with E-state index in [0.717, 1.165) is 28.2 Å². The van der Waals surface area contributed by atoms with Crippen molar-refractivity contribution < 1.29 is 9.59 Å². The molecule has 1 aliphatic rings. The standard InChI is InChI=1S/C28H25N3O2S2/c1-19-24(28(33)31-14-11-26-22(17-31)12-15-34-26)5-2-6-25(19)30-27(32)21-7-9-23(10-8-21)35-18-20-4-3-13-29-16-20/h2-10,12-13,15-16H,11,14,17-18H2,1H3,(H,30,32). The monoisotopic (exact) mass is 499 g/mol. The zero-order chi connectivity index (χ0) is 24.2. The van der Waals surface area contributed by atoms with Gasteiger partial charge in [-0.3, -0.25) is 14.6 Å². The summed E-state index contributed by atoms with van der Waals surface area (Å²) in [6.45, 7) is 3.24. The lowest BCUT2D eigenvalue weighted by Gasteiger charge is -2.28. The SMILES string of the molecule is Cc1c(NC(=O)c2ccc(SCc3cccnc3)cc2)cccc1C(=O)N1CCc2sccc2C1. The van der Waals surface area contributed by atoms with Crippen LogP contribution in [-0.2, 0) is 18.7 Å². The van der Waals surface area contributed by atoms with Gasteiger partial charge >= 0.3 is 0 Å². The van der Waals surface area contributed by atoms with Crippen LogP contribution in [0, 0.1) is 6.92 Å². The zero-order valence-corrected chi connectivity index (χ0v) is 21.0. The van der Waals surface area contributed by atoms with Gasteiger partial charge in [-0.05, 0) is 83.9 Å². The number of hydrogen-bond donors (Lipinski definition) is 1. The molecule has 7 heteroatoms. The Balaban J connectivity index is 1.24. The van der Waals surface area contributed by atoms with E-state index in [1.807, 2.05) is 72.6 Å². The highest BCUT2D eigenvalue weighted by atomic mass is 32.2. The van der Waals surface area contributed by atoms with Crippen LogP contribution < -0.4 is 5.32 Å². The number of hydrogen-bond acceptors (Lipinski definition) is 5. The summed E-state index contributed by atoms with van der Waals surface area (Å²) in [6, 6.07) is 19.2. The van der Waals surface area contributed by atoms with Gasteiger partial charge in [0.15, 0.2) is 0 Å². The average molecular weight is 500 g/mol. The van der Waals surface area contributed by atoms with E-state index in [-0.39, 0.29) is 11.8 Å². The Morgan fingerprint density at radius 1 is 1.09 bits per heavy atom. The Morgan fingerprint density at radius 2 is 1.94 bits per heavy atom. The molecule has 176 valence electrons. The van der Waals surface area contributed by atoms with Gasteiger partial charge in [0.05, 0.1) is 0 Å². The van der Waals surface area contributed by atoms with Crippen LogP contribution in [0.2, 0.25) is 0 Å². The Morgan fingerprint density at radius 3 is 2.74 bits per heavy atom. The summed E-state index contributed by atoms with van der Waals surface area (Å²) in [5.41, 5.74) is 5.04. The van der Waals surface area contributed by atoms with E-state index in [9.17, 15) is 9.59 Å². The lowest BCUT2D eigenvalue weighted by Crippen LogP contribution is -2.35. The number of benzene rings is 2. The second-order valence-corrected chi connectivity index (χ2v) is 10.5. The van der Waals surface area contributed by atoms with Crippen molar-refractivity contribution in [3.05, 3.63) is 111 Å². The lowest BCUT2D eigenvalue weighted by atomic mass is 10.0. The molecule has 0 atom stereocenters. The maximum Gasteiger partial charge on any atom is 0.255 e. The number of pyridine rings is 1. The van der Waals surface area contributed by atoms with E-state index in [1.54, 1.807) is 29.3 Å². The molecule has 5 rings (SSSR count). The number of fused-ring (bicyclic) bond motifs is 1. The topological polar surface area (TPSA) is 62.3 Å². The third kappa shape index (κ3) is 5.31. The van der Waals surface area contributed by atoms with Gasteiger partial charge in [-0.1, -0.05) is 12.1 Å². The fraction of sp³-hybridized carbons (Fsp3) is 0.179. The number of carbonyl (C=O) groups is 2. The predicted molar refractivity (Wildman–Crippen MR) is 142 cm³/mol. The molecule has 4 aromatic rings. The number of thioether (sulfide) groups is 1. The number of nitrogens with zero attached hydrogens (tertiary/aromatic N) is 2. The first-order valence-corrected chi connectivity index (χ1v) is 13.3. The van der Waals surface area contributed by atoms with Gasteiger partial charge in [-0.15, -0.1) is 23.1 Å². The highest BCUT2D eigenvalue weighted by molar-refractivity contribution is 7.98. The van der Waals surface area contributed by atoms with Gasteiger partial charge in [0.1, 0.15) is 0 Å². The first kappa shape index (κ1) is 23.3. The number of aromatic nitrogens is 1.